The summed E-state index contributed by atoms with van der Waals surface area (Å²) < 4.78 is 16.0. The number of carbonyl (C=O) groups is 1. The maximum Gasteiger partial charge on any atom is 0.311 e. The van der Waals surface area contributed by atoms with Gasteiger partial charge in [0.2, 0.25) is 0 Å². The molecule has 0 radical (unpaired) electrons. The number of esters is 1. The van der Waals surface area contributed by atoms with Crippen LogP contribution in [0.1, 0.15) is 24.0 Å². The van der Waals surface area contributed by atoms with Crippen molar-refractivity contribution in [3.63, 3.8) is 0 Å². The summed E-state index contributed by atoms with van der Waals surface area (Å²) in [5.74, 6) is 1.09. The molecule has 0 N–H and O–H groups in total. The molecule has 5 nitrogen and oxygen atoms in total. The highest BCUT2D eigenvalue weighted by atomic mass is 16.6. The van der Waals surface area contributed by atoms with E-state index in [-0.39, 0.29) is 12.4 Å². The van der Waals surface area contributed by atoms with Crippen molar-refractivity contribution < 1.29 is 19.0 Å². The maximum absolute atomic E-state index is 11.9. The molecule has 0 atom stereocenters. The molecule has 5 heteroatoms. The van der Waals surface area contributed by atoms with Gasteiger partial charge in [0, 0.05) is 12.5 Å². The minimum absolute atomic E-state index is 0.231. The van der Waals surface area contributed by atoms with Gasteiger partial charge in [-0.25, -0.2) is 0 Å². The largest absolute Gasteiger partial charge is 0.494 e. The molecule has 0 amide bonds. The van der Waals surface area contributed by atoms with Gasteiger partial charge in [0.1, 0.15) is 5.75 Å². The fourth-order valence-electron chi connectivity index (χ4n) is 2.11. The van der Waals surface area contributed by atoms with Crippen molar-refractivity contribution in [1.29, 1.82) is 5.26 Å². The van der Waals surface area contributed by atoms with Crippen molar-refractivity contribution in [3.8, 4) is 23.3 Å². The van der Waals surface area contributed by atoms with Crippen molar-refractivity contribution in [2.75, 3.05) is 13.7 Å². The number of benzene rings is 2. The molecule has 0 spiro atoms. The Morgan fingerprint density at radius 1 is 1.17 bits per heavy atom. The molecule has 0 heterocycles. The lowest BCUT2D eigenvalue weighted by atomic mass is 10.2. The van der Waals surface area contributed by atoms with Gasteiger partial charge in [-0.05, 0) is 43.2 Å². The van der Waals surface area contributed by atoms with E-state index in [1.807, 2.05) is 37.3 Å². The molecule has 0 aliphatic rings. The molecule has 2 rings (SSSR count). The maximum atomic E-state index is 11.9. The lowest BCUT2D eigenvalue weighted by Gasteiger charge is -2.10. The molecule has 0 saturated carbocycles. The first kappa shape index (κ1) is 17.4. The van der Waals surface area contributed by atoms with E-state index in [0.717, 1.165) is 11.3 Å². The second-order valence-corrected chi connectivity index (χ2v) is 5.22. The molecule has 124 valence electrons. The van der Waals surface area contributed by atoms with Gasteiger partial charge in [0.25, 0.3) is 0 Å². The van der Waals surface area contributed by atoms with Crippen LogP contribution in [0.25, 0.3) is 0 Å². The molecule has 0 aliphatic carbocycles. The van der Waals surface area contributed by atoms with Crippen molar-refractivity contribution in [3.05, 3.63) is 53.6 Å². The Bertz CT molecular complexity index is 749. The molecule has 0 fully saturated rings. The van der Waals surface area contributed by atoms with Gasteiger partial charge in [0.15, 0.2) is 11.5 Å². The highest BCUT2D eigenvalue weighted by molar-refractivity contribution is 5.73. The first-order valence-corrected chi connectivity index (χ1v) is 7.60. The van der Waals surface area contributed by atoms with Crippen LogP contribution in [-0.2, 0) is 4.79 Å². The van der Waals surface area contributed by atoms with E-state index in [1.54, 1.807) is 12.1 Å². The molecule has 0 bridgehead atoms. The summed E-state index contributed by atoms with van der Waals surface area (Å²) >= 11 is 0. The second kappa shape index (κ2) is 8.59. The smallest absolute Gasteiger partial charge is 0.311 e. The Labute approximate surface area is 141 Å². The number of nitrogens with zero attached hydrogens (tertiary/aromatic N) is 1. The van der Waals surface area contributed by atoms with Crippen LogP contribution in [0.3, 0.4) is 0 Å². The zero-order valence-corrected chi connectivity index (χ0v) is 13.7. The normalized spacial score (nSPS) is 9.88. The summed E-state index contributed by atoms with van der Waals surface area (Å²) in [6.07, 6.45) is 0.778. The van der Waals surface area contributed by atoms with Crippen LogP contribution in [0.4, 0.5) is 0 Å². The lowest BCUT2D eigenvalue weighted by molar-refractivity contribution is -0.134. The third-order valence-electron chi connectivity index (χ3n) is 3.30. The number of hydrogen-bond acceptors (Lipinski definition) is 5. The van der Waals surface area contributed by atoms with E-state index in [2.05, 4.69) is 0 Å². The van der Waals surface area contributed by atoms with Gasteiger partial charge >= 0.3 is 5.97 Å². The molecule has 0 unspecified atom stereocenters. The van der Waals surface area contributed by atoms with Crippen LogP contribution >= 0.6 is 0 Å². The molecular formula is C19H19NO4. The first-order chi connectivity index (χ1) is 11.6. The lowest BCUT2D eigenvalue weighted by Crippen LogP contribution is -2.10. The minimum Gasteiger partial charge on any atom is -0.494 e. The number of aryl methyl sites for hydroxylation is 1. The summed E-state index contributed by atoms with van der Waals surface area (Å²) in [6.45, 7) is 2.43. The number of carbonyl (C=O) groups excluding carboxylic acids is 1. The van der Waals surface area contributed by atoms with Gasteiger partial charge in [0.05, 0.1) is 25.3 Å². The van der Waals surface area contributed by atoms with Crippen LogP contribution in [-0.4, -0.2) is 19.7 Å². The standard InChI is InChI=1S/C19H19NO4/c1-14-5-3-6-16(11-14)23-10-4-7-19(21)24-17-9-8-15(13-20)12-18(17)22-2/h3,5-6,8-9,11-12H,4,7,10H2,1-2H3. The number of methoxy groups -OCH3 is 1. The van der Waals surface area contributed by atoms with Crippen LogP contribution < -0.4 is 14.2 Å². The van der Waals surface area contributed by atoms with Crippen molar-refractivity contribution >= 4 is 5.97 Å². The predicted molar refractivity (Wildman–Crippen MR) is 89.3 cm³/mol. The van der Waals surface area contributed by atoms with E-state index in [0.29, 0.717) is 30.1 Å². The number of rotatable bonds is 7. The molecule has 2 aromatic rings. The SMILES string of the molecule is COc1cc(C#N)ccc1OC(=O)CCCOc1cccc(C)c1. The van der Waals surface area contributed by atoms with Gasteiger partial charge in [-0.15, -0.1) is 0 Å². The Morgan fingerprint density at radius 3 is 2.71 bits per heavy atom. The minimum atomic E-state index is -0.370. The Kier molecular flexibility index (Phi) is 6.21. The first-order valence-electron chi connectivity index (χ1n) is 7.60. The molecular weight excluding hydrogens is 306 g/mol. The fraction of sp³-hybridized carbons (Fsp3) is 0.263. The summed E-state index contributed by atoms with van der Waals surface area (Å²) in [6, 6.07) is 14.4. The van der Waals surface area contributed by atoms with E-state index < -0.39 is 0 Å². The van der Waals surface area contributed by atoms with E-state index in [4.69, 9.17) is 19.5 Å². The highest BCUT2D eigenvalue weighted by Crippen LogP contribution is 2.28. The molecule has 0 saturated heterocycles. The average molecular weight is 325 g/mol. The summed E-state index contributed by atoms with van der Waals surface area (Å²) in [5, 5.41) is 8.86. The highest BCUT2D eigenvalue weighted by Gasteiger charge is 2.11. The van der Waals surface area contributed by atoms with Crippen LogP contribution in [0.5, 0.6) is 17.2 Å². The summed E-state index contributed by atoms with van der Waals surface area (Å²) in [5.41, 5.74) is 1.57. The monoisotopic (exact) mass is 325 g/mol. The fourth-order valence-corrected chi connectivity index (χ4v) is 2.11. The number of nitriles is 1. The van der Waals surface area contributed by atoms with Crippen molar-refractivity contribution in [2.24, 2.45) is 0 Å². The summed E-state index contributed by atoms with van der Waals surface area (Å²) in [7, 11) is 1.46. The zero-order chi connectivity index (χ0) is 17.4. The van der Waals surface area contributed by atoms with Crippen LogP contribution in [0.2, 0.25) is 0 Å². The molecule has 24 heavy (non-hydrogen) atoms. The molecule has 2 aromatic carbocycles. The van der Waals surface area contributed by atoms with Gasteiger partial charge in [-0.3, -0.25) is 4.79 Å². The van der Waals surface area contributed by atoms with Crippen molar-refractivity contribution in [2.45, 2.75) is 19.8 Å². The van der Waals surface area contributed by atoms with Gasteiger partial charge in [-0.1, -0.05) is 12.1 Å². The van der Waals surface area contributed by atoms with E-state index in [9.17, 15) is 4.79 Å². The van der Waals surface area contributed by atoms with Gasteiger partial charge < -0.3 is 14.2 Å². The number of hydrogen-bond donors (Lipinski definition) is 0. The average Bonchev–Trinajstić information content (AvgIpc) is 2.59. The molecule has 0 aliphatic heterocycles. The van der Waals surface area contributed by atoms with Crippen LogP contribution in [0.15, 0.2) is 42.5 Å². The number of ether oxygens (including phenoxy) is 3. The van der Waals surface area contributed by atoms with Crippen LogP contribution in [0, 0.1) is 18.3 Å². The Balaban J connectivity index is 1.80. The van der Waals surface area contributed by atoms with E-state index in [1.165, 1.54) is 13.2 Å². The quantitative estimate of drug-likeness (QED) is 0.441. The van der Waals surface area contributed by atoms with Gasteiger partial charge in [-0.2, -0.15) is 5.26 Å². The predicted octanol–water partition coefficient (Wildman–Crippen LogP) is 3.64. The topological polar surface area (TPSA) is 68.5 Å². The zero-order valence-electron chi connectivity index (χ0n) is 13.7. The third-order valence-corrected chi connectivity index (χ3v) is 3.30. The Morgan fingerprint density at radius 2 is 2.00 bits per heavy atom. The summed E-state index contributed by atoms with van der Waals surface area (Å²) in [4.78, 5) is 11.9. The molecule has 0 aromatic heterocycles. The second-order valence-electron chi connectivity index (χ2n) is 5.22. The third kappa shape index (κ3) is 5.03. The van der Waals surface area contributed by atoms with E-state index >= 15 is 0 Å². The van der Waals surface area contributed by atoms with Crippen molar-refractivity contribution in [1.82, 2.24) is 0 Å². The Hall–Kier alpha value is -3.00.